The van der Waals surface area contributed by atoms with Crippen molar-refractivity contribution in [2.24, 2.45) is 0 Å². The fourth-order valence-electron chi connectivity index (χ4n) is 1.72. The molecule has 0 amide bonds. The van der Waals surface area contributed by atoms with Gasteiger partial charge in [-0.15, -0.1) is 0 Å². The molecule has 0 atom stereocenters. The first-order valence-electron chi connectivity index (χ1n) is 5.71. The van der Waals surface area contributed by atoms with Crippen LogP contribution >= 0.6 is 15.9 Å². The van der Waals surface area contributed by atoms with Crippen molar-refractivity contribution in [3.05, 3.63) is 52.8 Å². The molecule has 1 heterocycles. The molecule has 18 heavy (non-hydrogen) atoms. The van der Waals surface area contributed by atoms with E-state index in [2.05, 4.69) is 15.9 Å². The fraction of sp³-hybridized carbons (Fsp3) is 0.214. The van der Waals surface area contributed by atoms with Crippen molar-refractivity contribution in [1.29, 1.82) is 0 Å². The minimum Gasteiger partial charge on any atom is -0.492 e. The number of rotatable bonds is 5. The van der Waals surface area contributed by atoms with Crippen molar-refractivity contribution in [2.45, 2.75) is 13.5 Å². The summed E-state index contributed by atoms with van der Waals surface area (Å²) in [6, 6.07) is 11.4. The summed E-state index contributed by atoms with van der Waals surface area (Å²) in [7, 11) is 0. The highest BCUT2D eigenvalue weighted by Crippen LogP contribution is 2.16. The first-order chi connectivity index (χ1) is 8.66. The number of benzene rings is 1. The van der Waals surface area contributed by atoms with Crippen molar-refractivity contribution in [2.75, 3.05) is 6.61 Å². The zero-order valence-electron chi connectivity index (χ0n) is 10.1. The standard InChI is InChI=1S/C14H14BrNO2/c1-11(17)14-3-2-8-16(14)9-10-18-13-6-4-12(15)5-7-13/h2-8H,9-10H2,1H3. The van der Waals surface area contributed by atoms with Gasteiger partial charge in [0.2, 0.25) is 0 Å². The van der Waals surface area contributed by atoms with Gasteiger partial charge < -0.3 is 9.30 Å². The lowest BCUT2D eigenvalue weighted by atomic mass is 10.3. The molecule has 0 radical (unpaired) electrons. The lowest BCUT2D eigenvalue weighted by Gasteiger charge is -2.09. The Kier molecular flexibility index (Phi) is 4.20. The van der Waals surface area contributed by atoms with E-state index in [1.165, 1.54) is 0 Å². The van der Waals surface area contributed by atoms with E-state index in [4.69, 9.17) is 4.74 Å². The summed E-state index contributed by atoms with van der Waals surface area (Å²) in [6.45, 7) is 2.77. The van der Waals surface area contributed by atoms with Crippen LogP contribution in [0.25, 0.3) is 0 Å². The summed E-state index contributed by atoms with van der Waals surface area (Å²) in [5.74, 6) is 0.901. The number of aromatic nitrogens is 1. The quantitative estimate of drug-likeness (QED) is 0.791. The molecule has 0 spiro atoms. The Labute approximate surface area is 115 Å². The molecule has 0 aliphatic rings. The monoisotopic (exact) mass is 307 g/mol. The zero-order chi connectivity index (χ0) is 13.0. The average molecular weight is 308 g/mol. The van der Waals surface area contributed by atoms with Gasteiger partial charge in [0.25, 0.3) is 0 Å². The number of carbonyl (C=O) groups excluding carboxylic acids is 1. The first-order valence-corrected chi connectivity index (χ1v) is 6.50. The molecule has 4 heteroatoms. The fourth-order valence-corrected chi connectivity index (χ4v) is 1.99. The Morgan fingerprint density at radius 2 is 2.00 bits per heavy atom. The van der Waals surface area contributed by atoms with E-state index in [-0.39, 0.29) is 5.78 Å². The van der Waals surface area contributed by atoms with E-state index in [1.54, 1.807) is 6.92 Å². The van der Waals surface area contributed by atoms with Crippen LogP contribution in [0.3, 0.4) is 0 Å². The predicted molar refractivity (Wildman–Crippen MR) is 74.1 cm³/mol. The molecule has 0 bridgehead atoms. The van der Waals surface area contributed by atoms with Crippen LogP contribution in [0.15, 0.2) is 47.1 Å². The Balaban J connectivity index is 1.90. The number of nitrogens with zero attached hydrogens (tertiary/aromatic N) is 1. The number of ether oxygens (including phenoxy) is 1. The third-order valence-corrected chi connectivity index (χ3v) is 3.13. The predicted octanol–water partition coefficient (Wildman–Crippen LogP) is 3.53. The van der Waals surface area contributed by atoms with Gasteiger partial charge in [0.15, 0.2) is 5.78 Å². The van der Waals surface area contributed by atoms with E-state index in [1.807, 2.05) is 47.2 Å². The Morgan fingerprint density at radius 3 is 2.67 bits per heavy atom. The molecule has 2 rings (SSSR count). The molecule has 0 aliphatic heterocycles. The molecule has 0 aliphatic carbocycles. The molecule has 3 nitrogen and oxygen atoms in total. The molecule has 2 aromatic rings. The van der Waals surface area contributed by atoms with Crippen molar-refractivity contribution < 1.29 is 9.53 Å². The number of carbonyl (C=O) groups is 1. The largest absolute Gasteiger partial charge is 0.492 e. The minimum atomic E-state index is 0.0728. The zero-order valence-corrected chi connectivity index (χ0v) is 11.7. The number of Topliss-reactive ketones (excluding diaryl/α,β-unsaturated/α-hetero) is 1. The lowest BCUT2D eigenvalue weighted by molar-refractivity contribution is 0.100. The SMILES string of the molecule is CC(=O)c1cccn1CCOc1ccc(Br)cc1. The number of halogens is 1. The van der Waals surface area contributed by atoms with Crippen LogP contribution in [0, 0.1) is 0 Å². The van der Waals surface area contributed by atoms with Crippen molar-refractivity contribution in [3.8, 4) is 5.75 Å². The van der Waals surface area contributed by atoms with Crippen LogP contribution < -0.4 is 4.74 Å². The van der Waals surface area contributed by atoms with Gasteiger partial charge in [-0.2, -0.15) is 0 Å². The van der Waals surface area contributed by atoms with Crippen LogP contribution in [0.2, 0.25) is 0 Å². The molecule has 0 N–H and O–H groups in total. The Hall–Kier alpha value is -1.55. The van der Waals surface area contributed by atoms with Crippen molar-refractivity contribution >= 4 is 21.7 Å². The second-order valence-corrected chi connectivity index (χ2v) is 4.86. The van der Waals surface area contributed by atoms with E-state index < -0.39 is 0 Å². The van der Waals surface area contributed by atoms with Crippen LogP contribution in [-0.4, -0.2) is 17.0 Å². The normalized spacial score (nSPS) is 10.3. The van der Waals surface area contributed by atoms with Crippen molar-refractivity contribution in [1.82, 2.24) is 4.57 Å². The van der Waals surface area contributed by atoms with Gasteiger partial charge >= 0.3 is 0 Å². The molecule has 94 valence electrons. The molecule has 1 aromatic carbocycles. The number of hydrogen-bond donors (Lipinski definition) is 0. The molecule has 0 unspecified atom stereocenters. The average Bonchev–Trinajstić information content (AvgIpc) is 2.80. The summed E-state index contributed by atoms with van der Waals surface area (Å²) in [6.07, 6.45) is 1.89. The second kappa shape index (κ2) is 5.87. The van der Waals surface area contributed by atoms with Gasteiger partial charge in [-0.25, -0.2) is 0 Å². The van der Waals surface area contributed by atoms with Gasteiger partial charge in [0.1, 0.15) is 12.4 Å². The maximum Gasteiger partial charge on any atom is 0.176 e. The molecule has 1 aromatic heterocycles. The van der Waals surface area contributed by atoms with Crippen LogP contribution in [0.5, 0.6) is 5.75 Å². The summed E-state index contributed by atoms with van der Waals surface area (Å²) in [4.78, 5) is 11.3. The third kappa shape index (κ3) is 3.23. The van der Waals surface area contributed by atoms with Gasteiger partial charge in [0.05, 0.1) is 12.2 Å². The number of hydrogen-bond acceptors (Lipinski definition) is 2. The minimum absolute atomic E-state index is 0.0728. The summed E-state index contributed by atoms with van der Waals surface area (Å²) in [5.41, 5.74) is 0.717. The Bertz CT molecular complexity index is 531. The van der Waals surface area contributed by atoms with Crippen LogP contribution in [0.4, 0.5) is 0 Å². The highest BCUT2D eigenvalue weighted by molar-refractivity contribution is 9.10. The maximum atomic E-state index is 11.3. The molecule has 0 saturated carbocycles. The van der Waals surface area contributed by atoms with Gasteiger partial charge in [0, 0.05) is 17.6 Å². The summed E-state index contributed by atoms with van der Waals surface area (Å²) in [5, 5.41) is 0. The number of ketones is 1. The third-order valence-electron chi connectivity index (χ3n) is 2.60. The molecule has 0 saturated heterocycles. The second-order valence-electron chi connectivity index (χ2n) is 3.95. The van der Waals surface area contributed by atoms with E-state index in [0.29, 0.717) is 13.2 Å². The van der Waals surface area contributed by atoms with Crippen molar-refractivity contribution in [3.63, 3.8) is 0 Å². The van der Waals surface area contributed by atoms with E-state index in [0.717, 1.165) is 15.9 Å². The van der Waals surface area contributed by atoms with Crippen LogP contribution in [-0.2, 0) is 6.54 Å². The summed E-state index contributed by atoms with van der Waals surface area (Å²) >= 11 is 3.37. The highest BCUT2D eigenvalue weighted by Gasteiger charge is 2.05. The Morgan fingerprint density at radius 1 is 1.28 bits per heavy atom. The lowest BCUT2D eigenvalue weighted by Crippen LogP contribution is -2.11. The van der Waals surface area contributed by atoms with Gasteiger partial charge in [-0.3, -0.25) is 4.79 Å². The molecule has 0 fully saturated rings. The smallest absolute Gasteiger partial charge is 0.176 e. The van der Waals surface area contributed by atoms with Gasteiger partial charge in [-0.05, 0) is 36.4 Å². The molecular weight excluding hydrogens is 294 g/mol. The molecular formula is C14H14BrNO2. The van der Waals surface area contributed by atoms with Gasteiger partial charge in [-0.1, -0.05) is 15.9 Å². The maximum absolute atomic E-state index is 11.3. The highest BCUT2D eigenvalue weighted by atomic mass is 79.9. The van der Waals surface area contributed by atoms with Crippen LogP contribution in [0.1, 0.15) is 17.4 Å². The van der Waals surface area contributed by atoms with E-state index >= 15 is 0 Å². The van der Waals surface area contributed by atoms with E-state index in [9.17, 15) is 4.79 Å². The topological polar surface area (TPSA) is 31.2 Å². The summed E-state index contributed by atoms with van der Waals surface area (Å²) < 4.78 is 8.55. The first kappa shape index (κ1) is 12.9.